The molecule has 0 aromatic heterocycles. The summed E-state index contributed by atoms with van der Waals surface area (Å²) in [7, 11) is 0. The molecule has 438 valence electrons. The summed E-state index contributed by atoms with van der Waals surface area (Å²) in [5.41, 5.74) is 0. The predicted molar refractivity (Wildman–Crippen MR) is 334 cm³/mol. The Morgan fingerprint density at radius 2 is 0.506 bits per heavy atom. The first-order chi connectivity index (χ1) is 38.0. The number of rotatable bonds is 57. The van der Waals surface area contributed by atoms with Gasteiger partial charge in [-0.05, 0) is 128 Å². The third kappa shape index (κ3) is 62.5. The van der Waals surface area contributed by atoms with Crippen molar-refractivity contribution in [2.75, 3.05) is 13.2 Å². The topological polar surface area (TPSA) is 78.9 Å². The molecule has 1 unspecified atom stereocenters. The first-order valence-electron chi connectivity index (χ1n) is 32.0. The number of unbranched alkanes of at least 4 members (excludes halogenated alkanes) is 26. The van der Waals surface area contributed by atoms with Gasteiger partial charge in [0.2, 0.25) is 0 Å². The molecular weight excluding hydrogens is 949 g/mol. The minimum absolute atomic E-state index is 0.0935. The van der Waals surface area contributed by atoms with Crippen molar-refractivity contribution in [2.24, 2.45) is 0 Å². The number of carbonyl (C=O) groups excluding carboxylic acids is 3. The molecule has 6 nitrogen and oxygen atoms in total. The van der Waals surface area contributed by atoms with Crippen LogP contribution in [0.1, 0.15) is 290 Å². The van der Waals surface area contributed by atoms with E-state index in [-0.39, 0.29) is 31.1 Å². The average Bonchev–Trinajstić information content (AvgIpc) is 3.43. The van der Waals surface area contributed by atoms with Gasteiger partial charge in [0, 0.05) is 19.3 Å². The Labute approximate surface area is 475 Å². The summed E-state index contributed by atoms with van der Waals surface area (Å²) in [5.74, 6) is -0.919. The molecule has 1 atom stereocenters. The van der Waals surface area contributed by atoms with Crippen molar-refractivity contribution in [3.8, 4) is 0 Å². The zero-order chi connectivity index (χ0) is 55.7. The molecule has 0 radical (unpaired) electrons. The standard InChI is InChI=1S/C71H118O6/c1-4-7-10-13-16-19-22-25-28-31-33-34-35-36-38-40-43-46-49-52-55-58-61-64-70(73)76-67-68(66-75-69(72)63-60-57-54-51-48-45-42-39-30-27-24-21-18-15-12-9-6-3)77-71(74)65-62-59-56-53-50-47-44-41-37-32-29-26-23-20-17-14-11-8-5-2/h8-9,11-12,17-18,20-22,25-27,29-31,33,35-37,41,68H,4-7,10,13-16,19,23-24,28,32,34,38-40,42-67H2,1-3H3/b11-8-,12-9-,20-17-,21-18-,25-22-,29-26-,30-27-,33-31-,36-35-,41-37-. The molecule has 6 heteroatoms. The average molecular weight is 1070 g/mol. The van der Waals surface area contributed by atoms with Gasteiger partial charge in [0.1, 0.15) is 13.2 Å². The normalized spacial score (nSPS) is 12.9. The molecule has 0 aliphatic rings. The lowest BCUT2D eigenvalue weighted by Gasteiger charge is -2.18. The summed E-state index contributed by atoms with van der Waals surface area (Å²) in [4.78, 5) is 38.4. The van der Waals surface area contributed by atoms with Crippen LogP contribution in [-0.4, -0.2) is 37.2 Å². The quantitative estimate of drug-likeness (QED) is 0.0261. The van der Waals surface area contributed by atoms with Crippen molar-refractivity contribution in [3.63, 3.8) is 0 Å². The zero-order valence-corrected chi connectivity index (χ0v) is 50.2. The molecule has 0 aliphatic heterocycles. The van der Waals surface area contributed by atoms with Crippen LogP contribution in [0.3, 0.4) is 0 Å². The number of ether oxygens (including phenoxy) is 3. The molecule has 0 fully saturated rings. The van der Waals surface area contributed by atoms with Crippen molar-refractivity contribution in [1.29, 1.82) is 0 Å². The van der Waals surface area contributed by atoms with E-state index in [9.17, 15) is 14.4 Å². The summed E-state index contributed by atoms with van der Waals surface area (Å²) >= 11 is 0. The van der Waals surface area contributed by atoms with Gasteiger partial charge >= 0.3 is 17.9 Å². The van der Waals surface area contributed by atoms with Crippen LogP contribution in [0.5, 0.6) is 0 Å². The summed E-state index contributed by atoms with van der Waals surface area (Å²) < 4.78 is 16.9. The smallest absolute Gasteiger partial charge is 0.306 e. The molecule has 0 rings (SSSR count). The molecule has 0 aliphatic carbocycles. The van der Waals surface area contributed by atoms with Gasteiger partial charge in [-0.25, -0.2) is 0 Å². The molecule has 0 saturated heterocycles. The second kappa shape index (κ2) is 64.3. The third-order valence-electron chi connectivity index (χ3n) is 13.4. The van der Waals surface area contributed by atoms with Gasteiger partial charge in [0.15, 0.2) is 6.10 Å². The van der Waals surface area contributed by atoms with Crippen molar-refractivity contribution in [1.82, 2.24) is 0 Å². The summed E-state index contributed by atoms with van der Waals surface area (Å²) in [6.45, 7) is 6.40. The Bertz CT molecular complexity index is 1600. The van der Waals surface area contributed by atoms with Crippen LogP contribution in [0.15, 0.2) is 122 Å². The molecule has 0 spiro atoms. The molecule has 0 bridgehead atoms. The van der Waals surface area contributed by atoms with E-state index in [1.807, 2.05) is 0 Å². The minimum atomic E-state index is -0.799. The van der Waals surface area contributed by atoms with Gasteiger partial charge in [-0.1, -0.05) is 264 Å². The predicted octanol–water partition coefficient (Wildman–Crippen LogP) is 22.0. The number of hydrogen-bond acceptors (Lipinski definition) is 6. The number of allylic oxidation sites excluding steroid dienone is 20. The fourth-order valence-corrected chi connectivity index (χ4v) is 8.69. The van der Waals surface area contributed by atoms with Crippen molar-refractivity contribution in [3.05, 3.63) is 122 Å². The molecule has 0 N–H and O–H groups in total. The molecule has 0 heterocycles. The van der Waals surface area contributed by atoms with Crippen LogP contribution in [0.25, 0.3) is 0 Å². The van der Waals surface area contributed by atoms with E-state index in [0.717, 1.165) is 141 Å². The molecule has 0 aromatic rings. The van der Waals surface area contributed by atoms with E-state index in [0.29, 0.717) is 19.3 Å². The van der Waals surface area contributed by atoms with Gasteiger partial charge in [-0.15, -0.1) is 0 Å². The van der Waals surface area contributed by atoms with Crippen molar-refractivity contribution < 1.29 is 28.6 Å². The van der Waals surface area contributed by atoms with E-state index in [1.165, 1.54) is 109 Å². The highest BCUT2D eigenvalue weighted by atomic mass is 16.6. The van der Waals surface area contributed by atoms with E-state index in [1.54, 1.807) is 0 Å². The lowest BCUT2D eigenvalue weighted by atomic mass is 10.1. The fraction of sp³-hybridized carbons (Fsp3) is 0.676. The largest absolute Gasteiger partial charge is 0.462 e. The van der Waals surface area contributed by atoms with Crippen LogP contribution >= 0.6 is 0 Å². The zero-order valence-electron chi connectivity index (χ0n) is 50.2. The van der Waals surface area contributed by atoms with Crippen LogP contribution < -0.4 is 0 Å². The summed E-state index contributed by atoms with van der Waals surface area (Å²) in [6, 6.07) is 0. The van der Waals surface area contributed by atoms with Gasteiger partial charge in [-0.2, -0.15) is 0 Å². The minimum Gasteiger partial charge on any atom is -0.462 e. The Morgan fingerprint density at radius 3 is 0.792 bits per heavy atom. The number of esters is 3. The van der Waals surface area contributed by atoms with Gasteiger partial charge in [0.05, 0.1) is 0 Å². The third-order valence-corrected chi connectivity index (χ3v) is 13.4. The van der Waals surface area contributed by atoms with Crippen LogP contribution in [0.4, 0.5) is 0 Å². The fourth-order valence-electron chi connectivity index (χ4n) is 8.69. The first kappa shape index (κ1) is 72.8. The Hall–Kier alpha value is -4.19. The van der Waals surface area contributed by atoms with Crippen molar-refractivity contribution >= 4 is 17.9 Å². The highest BCUT2D eigenvalue weighted by Crippen LogP contribution is 2.15. The monoisotopic (exact) mass is 1070 g/mol. The van der Waals surface area contributed by atoms with Crippen LogP contribution in [0.2, 0.25) is 0 Å². The summed E-state index contributed by atoms with van der Waals surface area (Å²) in [6.07, 6.45) is 89.1. The van der Waals surface area contributed by atoms with Gasteiger partial charge in [0.25, 0.3) is 0 Å². The molecule has 0 saturated carbocycles. The highest BCUT2D eigenvalue weighted by molar-refractivity contribution is 5.71. The maximum absolute atomic E-state index is 12.9. The van der Waals surface area contributed by atoms with E-state index < -0.39 is 6.10 Å². The Kier molecular flexibility index (Phi) is 60.8. The second-order valence-corrected chi connectivity index (χ2v) is 20.9. The Balaban J connectivity index is 4.44. The van der Waals surface area contributed by atoms with Crippen LogP contribution in [-0.2, 0) is 28.6 Å². The van der Waals surface area contributed by atoms with E-state index in [4.69, 9.17) is 14.2 Å². The Morgan fingerprint density at radius 1 is 0.273 bits per heavy atom. The number of carbonyl (C=O) groups is 3. The maximum Gasteiger partial charge on any atom is 0.306 e. The van der Waals surface area contributed by atoms with Gasteiger partial charge in [-0.3, -0.25) is 14.4 Å². The SMILES string of the molecule is CC/C=C\C/C=C\C/C=C\C/C=C\CCCCCCCCC(=O)OC(COC(=O)CCCCCCCCC/C=C\C/C=C\C/C=C\CC)COC(=O)CCCCCCCCCC/C=C\C/C=C\C/C=C\CCCCCCC. The maximum atomic E-state index is 12.9. The van der Waals surface area contributed by atoms with Crippen LogP contribution in [0, 0.1) is 0 Å². The number of hydrogen-bond donors (Lipinski definition) is 0. The molecule has 0 aromatic carbocycles. The van der Waals surface area contributed by atoms with Crippen molar-refractivity contribution in [2.45, 2.75) is 297 Å². The first-order valence-corrected chi connectivity index (χ1v) is 32.0. The van der Waals surface area contributed by atoms with Gasteiger partial charge < -0.3 is 14.2 Å². The van der Waals surface area contributed by atoms with E-state index >= 15 is 0 Å². The summed E-state index contributed by atoms with van der Waals surface area (Å²) in [5, 5.41) is 0. The lowest BCUT2D eigenvalue weighted by molar-refractivity contribution is -0.167. The molecule has 77 heavy (non-hydrogen) atoms. The lowest BCUT2D eigenvalue weighted by Crippen LogP contribution is -2.30. The second-order valence-electron chi connectivity index (χ2n) is 20.9. The molecule has 0 amide bonds. The van der Waals surface area contributed by atoms with E-state index in [2.05, 4.69) is 142 Å². The molecular formula is C71H118O6. The highest BCUT2D eigenvalue weighted by Gasteiger charge is 2.19.